The highest BCUT2D eigenvalue weighted by Crippen LogP contribution is 2.54. The Bertz CT molecular complexity index is 2250. The molecule has 10 rings (SSSR count). The van der Waals surface area contributed by atoms with Gasteiger partial charge in [0.05, 0.1) is 22.8 Å². The van der Waals surface area contributed by atoms with Crippen LogP contribution in [0.1, 0.15) is 61.6 Å². The molecule has 3 heterocycles. The van der Waals surface area contributed by atoms with Gasteiger partial charge < -0.3 is 15.5 Å². The number of anilines is 3. The predicted octanol–water partition coefficient (Wildman–Crippen LogP) is 11.0. The van der Waals surface area contributed by atoms with Crippen LogP contribution in [-0.2, 0) is 0 Å². The summed E-state index contributed by atoms with van der Waals surface area (Å²) in [5.74, 6) is 0.246. The molecule has 0 radical (unpaired) electrons. The Labute approximate surface area is 301 Å². The topological polar surface area (TPSA) is 39.7 Å². The monoisotopic (exact) mass is 662 g/mol. The maximum absolute atomic E-state index is 5.41. The second-order valence-corrected chi connectivity index (χ2v) is 14.5. The van der Waals surface area contributed by atoms with E-state index >= 15 is 0 Å². The molecule has 0 saturated heterocycles. The molecule has 4 nitrogen and oxygen atoms in total. The highest BCUT2D eigenvalue weighted by Gasteiger charge is 2.39. The zero-order valence-corrected chi connectivity index (χ0v) is 28.9. The minimum atomic E-state index is -0.0326. The van der Waals surface area contributed by atoms with Gasteiger partial charge in [0, 0.05) is 22.7 Å². The van der Waals surface area contributed by atoms with Gasteiger partial charge in [-0.25, -0.2) is 0 Å². The highest BCUT2D eigenvalue weighted by atomic mass is 15.3. The van der Waals surface area contributed by atoms with E-state index in [1.54, 1.807) is 0 Å². The number of hydrogen-bond acceptors (Lipinski definition) is 4. The number of hydrogen-bond donors (Lipinski definition) is 2. The molecule has 51 heavy (non-hydrogen) atoms. The normalized spacial score (nSPS) is 24.4. The fraction of sp³-hybridized carbons (Fsp3) is 0.213. The van der Waals surface area contributed by atoms with E-state index in [0.717, 1.165) is 50.7 Å². The van der Waals surface area contributed by atoms with Crippen molar-refractivity contribution in [2.24, 2.45) is 10.9 Å². The van der Waals surface area contributed by atoms with Crippen LogP contribution in [0.4, 0.5) is 17.1 Å². The third kappa shape index (κ3) is 5.33. The lowest BCUT2D eigenvalue weighted by Crippen LogP contribution is -2.39. The van der Waals surface area contributed by atoms with Crippen molar-refractivity contribution in [3.05, 3.63) is 179 Å². The van der Waals surface area contributed by atoms with Gasteiger partial charge in [0.25, 0.3) is 0 Å². The van der Waals surface area contributed by atoms with Crippen molar-refractivity contribution >= 4 is 39.5 Å². The molecule has 250 valence electrons. The van der Waals surface area contributed by atoms with Gasteiger partial charge in [-0.2, -0.15) is 0 Å². The summed E-state index contributed by atoms with van der Waals surface area (Å²) in [4.78, 5) is 7.97. The van der Waals surface area contributed by atoms with E-state index < -0.39 is 0 Å². The Balaban J connectivity index is 0.960. The smallest absolute Gasteiger partial charge is 0.130 e. The van der Waals surface area contributed by atoms with Gasteiger partial charge >= 0.3 is 0 Å². The molecule has 0 amide bonds. The number of aliphatic imine (C=N–C) groups is 1. The molecule has 4 heteroatoms. The van der Waals surface area contributed by atoms with Crippen LogP contribution in [0.25, 0.3) is 16.7 Å². The van der Waals surface area contributed by atoms with E-state index in [4.69, 9.17) is 4.99 Å². The number of para-hydroxylation sites is 2. The van der Waals surface area contributed by atoms with Gasteiger partial charge in [-0.1, -0.05) is 115 Å². The summed E-state index contributed by atoms with van der Waals surface area (Å²) in [7, 11) is 0. The first-order valence-corrected chi connectivity index (χ1v) is 18.7. The van der Waals surface area contributed by atoms with Gasteiger partial charge in [-0.05, 0) is 108 Å². The molecule has 3 aliphatic heterocycles. The zero-order valence-electron chi connectivity index (χ0n) is 28.9. The summed E-state index contributed by atoms with van der Waals surface area (Å²) in [5, 5.41) is 7.88. The average Bonchev–Trinajstić information content (AvgIpc) is 3.56. The standard InChI is InChI=1S/C47H42N4/c1-3-13-31(14-4-1)35-17-11-18-36(29-35)43-30-42(32-15-5-2-6-16-32)48-46(49-43)33-25-27-34(28-26-33)47-50-41-23-12-22-40-38-20-8-7-19-37(38)39-21-9-10-24-44(39)51(47)45(40)41/h1-5,8-10,12-15,17,20-25,27-30,33,46-47,49-50H,6-7,11,16,18-19,26H2. The molecule has 4 aliphatic carbocycles. The molecule has 0 spiro atoms. The maximum atomic E-state index is 5.41. The van der Waals surface area contributed by atoms with Crippen LogP contribution >= 0.6 is 0 Å². The number of nitrogens with one attached hydrogen (secondary N) is 2. The Hall–Kier alpha value is -5.61. The van der Waals surface area contributed by atoms with Crippen molar-refractivity contribution in [3.8, 4) is 0 Å². The average molecular weight is 663 g/mol. The van der Waals surface area contributed by atoms with E-state index in [0.29, 0.717) is 0 Å². The van der Waals surface area contributed by atoms with Crippen molar-refractivity contribution < 1.29 is 0 Å². The van der Waals surface area contributed by atoms with Crippen LogP contribution < -0.4 is 15.5 Å². The van der Waals surface area contributed by atoms with Crippen molar-refractivity contribution in [1.82, 2.24) is 5.32 Å². The van der Waals surface area contributed by atoms with Crippen LogP contribution in [0.15, 0.2) is 167 Å². The second kappa shape index (κ2) is 12.6. The van der Waals surface area contributed by atoms with E-state index in [2.05, 4.69) is 155 Å². The molecule has 3 unspecified atom stereocenters. The highest BCUT2D eigenvalue weighted by molar-refractivity contribution is 6.10. The molecule has 3 atom stereocenters. The minimum absolute atomic E-state index is 0.0217. The lowest BCUT2D eigenvalue weighted by molar-refractivity contribution is 0.449. The Morgan fingerprint density at radius 2 is 1.59 bits per heavy atom. The number of fused-ring (bicyclic) bond motifs is 4. The lowest BCUT2D eigenvalue weighted by atomic mass is 9.88. The molecule has 0 aromatic heterocycles. The summed E-state index contributed by atoms with van der Waals surface area (Å²) in [6, 6.07) is 26.5. The molecule has 0 saturated carbocycles. The van der Waals surface area contributed by atoms with Crippen LogP contribution in [0.2, 0.25) is 0 Å². The van der Waals surface area contributed by atoms with Crippen molar-refractivity contribution in [2.45, 2.75) is 57.3 Å². The molecular weight excluding hydrogens is 621 g/mol. The molecule has 3 aromatic carbocycles. The Morgan fingerprint density at radius 3 is 2.47 bits per heavy atom. The van der Waals surface area contributed by atoms with E-state index in [1.807, 2.05) is 0 Å². The third-order valence-corrected chi connectivity index (χ3v) is 11.4. The van der Waals surface area contributed by atoms with Gasteiger partial charge in [-0.3, -0.25) is 4.99 Å². The van der Waals surface area contributed by atoms with Crippen molar-refractivity contribution in [1.29, 1.82) is 0 Å². The number of benzene rings is 3. The van der Waals surface area contributed by atoms with Crippen LogP contribution in [0.3, 0.4) is 0 Å². The molecule has 3 aromatic rings. The Morgan fingerprint density at radius 1 is 0.725 bits per heavy atom. The largest absolute Gasteiger partial charge is 0.363 e. The summed E-state index contributed by atoms with van der Waals surface area (Å²) < 4.78 is 0. The number of rotatable bonds is 5. The van der Waals surface area contributed by atoms with E-state index in [9.17, 15) is 0 Å². The summed E-state index contributed by atoms with van der Waals surface area (Å²) in [6.45, 7) is 0. The summed E-state index contributed by atoms with van der Waals surface area (Å²) >= 11 is 0. The first kappa shape index (κ1) is 30.2. The molecular formula is C47H42N4. The fourth-order valence-corrected chi connectivity index (χ4v) is 8.88. The quantitative estimate of drug-likeness (QED) is 0.286. The van der Waals surface area contributed by atoms with Gasteiger partial charge in [-0.15, -0.1) is 0 Å². The molecule has 0 fully saturated rings. The van der Waals surface area contributed by atoms with Gasteiger partial charge in [0.15, 0.2) is 0 Å². The lowest BCUT2D eigenvalue weighted by Gasteiger charge is -2.34. The number of allylic oxidation sites excluding steroid dienone is 14. The van der Waals surface area contributed by atoms with Gasteiger partial charge in [0.2, 0.25) is 0 Å². The molecule has 7 aliphatic rings. The summed E-state index contributed by atoms with van der Waals surface area (Å²) in [6.07, 6.45) is 33.0. The van der Waals surface area contributed by atoms with E-state index in [1.165, 1.54) is 72.9 Å². The van der Waals surface area contributed by atoms with Crippen molar-refractivity contribution in [3.63, 3.8) is 0 Å². The first-order chi connectivity index (χ1) is 25.3. The molecule has 0 bridgehead atoms. The predicted molar refractivity (Wildman–Crippen MR) is 214 cm³/mol. The molecule has 2 N–H and O–H groups in total. The number of nitrogens with zero attached hydrogens (tertiary/aromatic N) is 2. The maximum Gasteiger partial charge on any atom is 0.130 e. The van der Waals surface area contributed by atoms with Crippen molar-refractivity contribution in [2.75, 3.05) is 10.2 Å². The van der Waals surface area contributed by atoms with E-state index in [-0.39, 0.29) is 18.2 Å². The minimum Gasteiger partial charge on any atom is -0.363 e. The first-order valence-electron chi connectivity index (χ1n) is 18.7. The summed E-state index contributed by atoms with van der Waals surface area (Å²) in [5.41, 5.74) is 18.2. The van der Waals surface area contributed by atoms with Gasteiger partial charge in [0.1, 0.15) is 12.3 Å². The Kier molecular flexibility index (Phi) is 7.48. The van der Waals surface area contributed by atoms with Crippen LogP contribution in [0, 0.1) is 5.92 Å². The SMILES string of the molecule is C1=CCCC(C2=NC(C3C=CC(C4Nc5cccc6c5N4c4ccccc4C4=C6C=CCC4)=CC3)NC(C3=CC(c4ccccc4)=CCC3)=C2)=C1. The fourth-order valence-electron chi connectivity index (χ4n) is 8.88. The second-order valence-electron chi connectivity index (χ2n) is 14.5. The van der Waals surface area contributed by atoms with Crippen LogP contribution in [-0.4, -0.2) is 18.0 Å². The van der Waals surface area contributed by atoms with Crippen LogP contribution in [0.5, 0.6) is 0 Å². The zero-order chi connectivity index (χ0) is 33.7. The third-order valence-electron chi connectivity index (χ3n) is 11.4.